The van der Waals surface area contributed by atoms with Crippen molar-refractivity contribution in [2.75, 3.05) is 24.5 Å². The number of aromatic nitrogens is 1. The molecule has 2 aliphatic heterocycles. The summed E-state index contributed by atoms with van der Waals surface area (Å²) in [5.41, 5.74) is 0.962. The number of likely N-dealkylation sites (tertiary alicyclic amines) is 1. The second kappa shape index (κ2) is 5.86. The molecular formula is C16H15N3O4S. The van der Waals surface area contributed by atoms with Crippen molar-refractivity contribution < 1.29 is 19.1 Å². The minimum Gasteiger partial charge on any atom is -0.457 e. The lowest BCUT2D eigenvalue weighted by Gasteiger charge is -2.38. The first kappa shape index (κ1) is 15.1. The topological polar surface area (TPSA) is 79.8 Å². The van der Waals surface area contributed by atoms with E-state index in [2.05, 4.69) is 9.88 Å². The fraction of sp³-hybridized carbons (Fsp3) is 0.375. The van der Waals surface area contributed by atoms with Gasteiger partial charge in [0.05, 0.1) is 23.3 Å². The Labute approximate surface area is 141 Å². The van der Waals surface area contributed by atoms with E-state index in [1.807, 2.05) is 24.3 Å². The lowest BCUT2D eigenvalue weighted by atomic mass is 10.2. The molecule has 7 nitrogen and oxygen atoms in total. The van der Waals surface area contributed by atoms with Crippen LogP contribution in [-0.4, -0.2) is 53.4 Å². The molecule has 2 saturated heterocycles. The van der Waals surface area contributed by atoms with E-state index in [-0.39, 0.29) is 37.3 Å². The van der Waals surface area contributed by atoms with Gasteiger partial charge in [0.2, 0.25) is 11.8 Å². The molecule has 0 saturated carbocycles. The third-order valence-corrected chi connectivity index (χ3v) is 5.24. The molecule has 1 aromatic heterocycles. The molecule has 3 heterocycles. The molecule has 2 aromatic rings. The van der Waals surface area contributed by atoms with E-state index in [0.717, 1.165) is 20.2 Å². The number of anilines is 1. The summed E-state index contributed by atoms with van der Waals surface area (Å²) in [4.78, 5) is 42.5. The standard InChI is InChI=1S/C16H15N3O4S/c20-13-5-6-14(21)19(13)9-15(22)23-10-7-18(8-10)16-17-11-3-1-2-4-12(11)24-16/h1-4,10H,5-9H2. The van der Waals surface area contributed by atoms with Gasteiger partial charge in [-0.3, -0.25) is 19.3 Å². The van der Waals surface area contributed by atoms with Crippen LogP contribution in [0.15, 0.2) is 24.3 Å². The monoisotopic (exact) mass is 345 g/mol. The Balaban J connectivity index is 1.30. The molecular weight excluding hydrogens is 330 g/mol. The number of nitrogens with zero attached hydrogens (tertiary/aromatic N) is 3. The molecule has 0 aliphatic carbocycles. The lowest BCUT2D eigenvalue weighted by molar-refractivity contribution is -0.156. The molecule has 0 bridgehead atoms. The summed E-state index contributed by atoms with van der Waals surface area (Å²) < 4.78 is 6.44. The first-order valence-electron chi connectivity index (χ1n) is 7.73. The quantitative estimate of drug-likeness (QED) is 0.611. The van der Waals surface area contributed by atoms with Gasteiger partial charge in [-0.25, -0.2) is 4.98 Å². The van der Waals surface area contributed by atoms with Crippen molar-refractivity contribution >= 4 is 44.5 Å². The number of carbonyl (C=O) groups excluding carboxylic acids is 3. The van der Waals surface area contributed by atoms with Crippen molar-refractivity contribution in [1.29, 1.82) is 0 Å². The van der Waals surface area contributed by atoms with Crippen LogP contribution in [0.4, 0.5) is 5.13 Å². The van der Waals surface area contributed by atoms with Crippen LogP contribution in [0.2, 0.25) is 0 Å². The molecule has 2 amide bonds. The van der Waals surface area contributed by atoms with Gasteiger partial charge in [0.15, 0.2) is 5.13 Å². The summed E-state index contributed by atoms with van der Waals surface area (Å²) in [6.07, 6.45) is 0.138. The van der Waals surface area contributed by atoms with Crippen LogP contribution in [0.25, 0.3) is 10.2 Å². The van der Waals surface area contributed by atoms with Gasteiger partial charge in [-0.1, -0.05) is 23.5 Å². The highest BCUT2D eigenvalue weighted by molar-refractivity contribution is 7.22. The molecule has 2 aliphatic rings. The highest BCUT2D eigenvalue weighted by Crippen LogP contribution is 2.31. The molecule has 24 heavy (non-hydrogen) atoms. The maximum Gasteiger partial charge on any atom is 0.326 e. The minimum absolute atomic E-state index is 0.181. The van der Waals surface area contributed by atoms with Crippen LogP contribution in [0.5, 0.6) is 0 Å². The summed E-state index contributed by atoms with van der Waals surface area (Å²) in [6.45, 7) is 0.871. The molecule has 0 radical (unpaired) electrons. The van der Waals surface area contributed by atoms with Gasteiger partial charge in [0.1, 0.15) is 12.6 Å². The van der Waals surface area contributed by atoms with E-state index in [4.69, 9.17) is 4.74 Å². The van der Waals surface area contributed by atoms with E-state index in [1.54, 1.807) is 11.3 Å². The predicted octanol–water partition coefficient (Wildman–Crippen LogP) is 1.18. The van der Waals surface area contributed by atoms with Crippen molar-refractivity contribution in [3.05, 3.63) is 24.3 Å². The molecule has 4 rings (SSSR count). The predicted molar refractivity (Wildman–Crippen MR) is 87.7 cm³/mol. The van der Waals surface area contributed by atoms with Gasteiger partial charge < -0.3 is 9.64 Å². The van der Waals surface area contributed by atoms with E-state index < -0.39 is 5.97 Å². The lowest BCUT2D eigenvalue weighted by Crippen LogP contribution is -2.53. The fourth-order valence-corrected chi connectivity index (χ4v) is 3.80. The van der Waals surface area contributed by atoms with Crippen molar-refractivity contribution in [3.63, 3.8) is 0 Å². The van der Waals surface area contributed by atoms with Crippen LogP contribution in [0, 0.1) is 0 Å². The number of amides is 2. The van der Waals surface area contributed by atoms with Gasteiger partial charge in [-0.2, -0.15) is 0 Å². The Morgan fingerprint density at radius 1 is 1.21 bits per heavy atom. The largest absolute Gasteiger partial charge is 0.457 e. The third kappa shape index (κ3) is 2.73. The number of hydrogen-bond donors (Lipinski definition) is 0. The number of imide groups is 1. The second-order valence-electron chi connectivity index (χ2n) is 5.85. The van der Waals surface area contributed by atoms with Gasteiger partial charge in [0.25, 0.3) is 0 Å². The highest BCUT2D eigenvalue weighted by Gasteiger charge is 2.35. The number of carbonyl (C=O) groups is 3. The third-order valence-electron chi connectivity index (χ3n) is 4.14. The zero-order valence-electron chi connectivity index (χ0n) is 12.8. The average Bonchev–Trinajstić information content (AvgIpc) is 3.08. The number of thiazole rings is 1. The van der Waals surface area contributed by atoms with Crippen LogP contribution in [-0.2, 0) is 19.1 Å². The van der Waals surface area contributed by atoms with Gasteiger partial charge in [-0.05, 0) is 12.1 Å². The smallest absolute Gasteiger partial charge is 0.326 e. The molecule has 124 valence electrons. The number of rotatable bonds is 4. The van der Waals surface area contributed by atoms with E-state index in [9.17, 15) is 14.4 Å². The van der Waals surface area contributed by atoms with Crippen LogP contribution in [0.3, 0.4) is 0 Å². The van der Waals surface area contributed by atoms with E-state index in [1.165, 1.54) is 0 Å². The summed E-state index contributed by atoms with van der Waals surface area (Å²) in [6, 6.07) is 7.92. The van der Waals surface area contributed by atoms with Crippen LogP contribution >= 0.6 is 11.3 Å². The molecule has 0 N–H and O–H groups in total. The normalized spacial score (nSPS) is 18.3. The average molecular weight is 345 g/mol. The number of hydrogen-bond acceptors (Lipinski definition) is 7. The number of fused-ring (bicyclic) bond motifs is 1. The molecule has 8 heteroatoms. The Morgan fingerprint density at radius 3 is 2.62 bits per heavy atom. The Morgan fingerprint density at radius 2 is 1.92 bits per heavy atom. The molecule has 2 fully saturated rings. The van der Waals surface area contributed by atoms with Crippen LogP contribution < -0.4 is 4.90 Å². The fourth-order valence-electron chi connectivity index (χ4n) is 2.82. The minimum atomic E-state index is -0.535. The maximum atomic E-state index is 11.9. The summed E-state index contributed by atoms with van der Waals surface area (Å²) >= 11 is 1.61. The Hall–Kier alpha value is -2.48. The van der Waals surface area contributed by atoms with Crippen molar-refractivity contribution in [3.8, 4) is 0 Å². The van der Waals surface area contributed by atoms with E-state index >= 15 is 0 Å². The molecule has 0 unspecified atom stereocenters. The number of esters is 1. The Kier molecular flexibility index (Phi) is 3.68. The second-order valence-corrected chi connectivity index (χ2v) is 6.86. The summed E-state index contributed by atoms with van der Waals surface area (Å²) in [7, 11) is 0. The van der Waals surface area contributed by atoms with Crippen molar-refractivity contribution in [2.24, 2.45) is 0 Å². The van der Waals surface area contributed by atoms with Gasteiger partial charge in [-0.15, -0.1) is 0 Å². The summed E-state index contributed by atoms with van der Waals surface area (Å²) in [5, 5.41) is 0.911. The first-order chi connectivity index (χ1) is 11.6. The zero-order chi connectivity index (χ0) is 16.7. The zero-order valence-corrected chi connectivity index (χ0v) is 13.6. The molecule has 0 spiro atoms. The number of benzene rings is 1. The first-order valence-corrected chi connectivity index (χ1v) is 8.55. The SMILES string of the molecule is O=C(CN1C(=O)CCC1=O)OC1CN(c2nc3ccccc3s2)C1. The van der Waals surface area contributed by atoms with E-state index in [0.29, 0.717) is 13.1 Å². The van der Waals surface area contributed by atoms with Crippen molar-refractivity contribution in [1.82, 2.24) is 9.88 Å². The Bertz CT molecular complexity index is 779. The van der Waals surface area contributed by atoms with Gasteiger partial charge in [0, 0.05) is 12.8 Å². The maximum absolute atomic E-state index is 11.9. The van der Waals surface area contributed by atoms with Gasteiger partial charge >= 0.3 is 5.97 Å². The number of ether oxygens (including phenoxy) is 1. The summed E-state index contributed by atoms with van der Waals surface area (Å²) in [5.74, 6) is -1.14. The number of para-hydroxylation sites is 1. The highest BCUT2D eigenvalue weighted by atomic mass is 32.1. The molecule has 1 aromatic carbocycles. The van der Waals surface area contributed by atoms with Crippen molar-refractivity contribution in [2.45, 2.75) is 18.9 Å². The van der Waals surface area contributed by atoms with Crippen LogP contribution in [0.1, 0.15) is 12.8 Å². The molecule has 0 atom stereocenters.